The second-order valence-electron chi connectivity index (χ2n) is 5.60. The van der Waals surface area contributed by atoms with Crippen LogP contribution in [0.2, 0.25) is 0 Å². The van der Waals surface area contributed by atoms with Gasteiger partial charge in [-0.2, -0.15) is 4.31 Å². The van der Waals surface area contributed by atoms with Crippen LogP contribution in [0.5, 0.6) is 0 Å². The summed E-state index contributed by atoms with van der Waals surface area (Å²) < 4.78 is 26.8. The molecule has 0 amide bonds. The van der Waals surface area contributed by atoms with Gasteiger partial charge in [0, 0.05) is 19.1 Å². The molecule has 1 aliphatic rings. The molecular formula is C15H24N2O2S. The molecule has 1 heterocycles. The summed E-state index contributed by atoms with van der Waals surface area (Å²) in [6.45, 7) is 3.29. The van der Waals surface area contributed by atoms with Crippen molar-refractivity contribution in [2.45, 2.75) is 37.1 Å². The van der Waals surface area contributed by atoms with Gasteiger partial charge in [-0.15, -0.1) is 0 Å². The molecule has 0 aromatic heterocycles. The summed E-state index contributed by atoms with van der Waals surface area (Å²) in [4.78, 5) is 2.60. The van der Waals surface area contributed by atoms with Crippen LogP contribution < -0.4 is 0 Å². The van der Waals surface area contributed by atoms with Gasteiger partial charge in [-0.05, 0) is 51.1 Å². The number of piperidine rings is 1. The number of benzene rings is 1. The quantitative estimate of drug-likeness (QED) is 0.853. The molecule has 0 aliphatic carbocycles. The second kappa shape index (κ2) is 6.24. The Morgan fingerprint density at radius 2 is 1.70 bits per heavy atom. The number of sulfonamides is 1. The first-order valence-electron chi connectivity index (χ1n) is 7.20. The van der Waals surface area contributed by atoms with E-state index in [1.807, 2.05) is 12.1 Å². The van der Waals surface area contributed by atoms with E-state index in [0.717, 1.165) is 24.8 Å². The molecule has 4 nitrogen and oxygen atoms in total. The van der Waals surface area contributed by atoms with Crippen molar-refractivity contribution in [2.24, 2.45) is 0 Å². The van der Waals surface area contributed by atoms with E-state index >= 15 is 0 Å². The van der Waals surface area contributed by atoms with Gasteiger partial charge in [0.05, 0.1) is 4.90 Å². The SMILES string of the molecule is CCc1ccc(S(=O)(=O)N2CCC(N(C)C)CC2)cc1. The zero-order valence-corrected chi connectivity index (χ0v) is 13.4. The van der Waals surface area contributed by atoms with Crippen LogP contribution in [-0.2, 0) is 16.4 Å². The van der Waals surface area contributed by atoms with E-state index in [2.05, 4.69) is 25.9 Å². The molecule has 1 aromatic rings. The van der Waals surface area contributed by atoms with E-state index < -0.39 is 10.0 Å². The Bertz CT molecular complexity index is 529. The smallest absolute Gasteiger partial charge is 0.243 e. The molecule has 1 saturated heterocycles. The van der Waals surface area contributed by atoms with Gasteiger partial charge in [0.15, 0.2) is 0 Å². The number of rotatable bonds is 4. The minimum absolute atomic E-state index is 0.415. The molecule has 0 saturated carbocycles. The van der Waals surface area contributed by atoms with E-state index in [1.54, 1.807) is 16.4 Å². The molecule has 0 bridgehead atoms. The zero-order chi connectivity index (χ0) is 14.8. The van der Waals surface area contributed by atoms with Crippen LogP contribution in [0.4, 0.5) is 0 Å². The average Bonchev–Trinajstić information content (AvgIpc) is 2.47. The highest BCUT2D eigenvalue weighted by Crippen LogP contribution is 2.22. The van der Waals surface area contributed by atoms with Crippen LogP contribution >= 0.6 is 0 Å². The second-order valence-corrected chi connectivity index (χ2v) is 7.53. The summed E-state index contributed by atoms with van der Waals surface area (Å²) in [5.41, 5.74) is 1.16. The Labute approximate surface area is 122 Å². The largest absolute Gasteiger partial charge is 0.306 e. The van der Waals surface area contributed by atoms with Crippen molar-refractivity contribution < 1.29 is 8.42 Å². The lowest BCUT2D eigenvalue weighted by Gasteiger charge is -2.34. The third-order valence-corrected chi connectivity index (χ3v) is 6.04. The van der Waals surface area contributed by atoms with Crippen molar-refractivity contribution in [3.05, 3.63) is 29.8 Å². The first-order valence-corrected chi connectivity index (χ1v) is 8.64. The first kappa shape index (κ1) is 15.5. The van der Waals surface area contributed by atoms with E-state index in [9.17, 15) is 8.42 Å². The maximum atomic E-state index is 12.6. The molecule has 0 radical (unpaired) electrons. The monoisotopic (exact) mass is 296 g/mol. The molecule has 112 valence electrons. The van der Waals surface area contributed by atoms with Crippen LogP contribution in [0.1, 0.15) is 25.3 Å². The first-order chi connectivity index (χ1) is 9.45. The summed E-state index contributed by atoms with van der Waals surface area (Å²) in [6.07, 6.45) is 2.73. The van der Waals surface area contributed by atoms with Gasteiger partial charge in [-0.25, -0.2) is 8.42 Å². The number of aryl methyl sites for hydroxylation is 1. The van der Waals surface area contributed by atoms with Crippen molar-refractivity contribution in [3.8, 4) is 0 Å². The lowest BCUT2D eigenvalue weighted by Crippen LogP contribution is -2.44. The van der Waals surface area contributed by atoms with Gasteiger partial charge in [0.25, 0.3) is 0 Å². The van der Waals surface area contributed by atoms with Gasteiger partial charge in [0.2, 0.25) is 10.0 Å². The third kappa shape index (κ3) is 3.22. The van der Waals surface area contributed by atoms with E-state index in [1.165, 1.54) is 0 Å². The van der Waals surface area contributed by atoms with Gasteiger partial charge in [-0.1, -0.05) is 19.1 Å². The molecule has 0 unspecified atom stereocenters. The third-order valence-electron chi connectivity index (χ3n) is 4.12. The predicted octanol–water partition coefficient (Wildman–Crippen LogP) is 1.96. The van der Waals surface area contributed by atoms with Gasteiger partial charge in [-0.3, -0.25) is 0 Å². The van der Waals surface area contributed by atoms with Gasteiger partial charge in [0.1, 0.15) is 0 Å². The fraction of sp³-hybridized carbons (Fsp3) is 0.600. The molecule has 0 atom stereocenters. The molecular weight excluding hydrogens is 272 g/mol. The van der Waals surface area contributed by atoms with Crippen LogP contribution in [0, 0.1) is 0 Å². The van der Waals surface area contributed by atoms with Crippen LogP contribution in [0.15, 0.2) is 29.2 Å². The fourth-order valence-electron chi connectivity index (χ4n) is 2.65. The van der Waals surface area contributed by atoms with Crippen LogP contribution in [0.25, 0.3) is 0 Å². The van der Waals surface area contributed by atoms with E-state index in [-0.39, 0.29) is 0 Å². The Balaban J connectivity index is 2.11. The highest BCUT2D eigenvalue weighted by molar-refractivity contribution is 7.89. The summed E-state index contributed by atoms with van der Waals surface area (Å²) in [5, 5.41) is 0. The highest BCUT2D eigenvalue weighted by atomic mass is 32.2. The maximum absolute atomic E-state index is 12.6. The standard InChI is InChI=1S/C15H24N2O2S/c1-4-13-5-7-15(8-6-13)20(18,19)17-11-9-14(10-12-17)16(2)3/h5-8,14H,4,9-12H2,1-3H3. The van der Waals surface area contributed by atoms with Crippen molar-refractivity contribution in [1.82, 2.24) is 9.21 Å². The average molecular weight is 296 g/mol. The number of nitrogens with zero attached hydrogens (tertiary/aromatic N) is 2. The summed E-state index contributed by atoms with van der Waals surface area (Å²) in [5.74, 6) is 0. The van der Waals surface area contributed by atoms with Crippen molar-refractivity contribution in [2.75, 3.05) is 27.2 Å². The molecule has 0 N–H and O–H groups in total. The molecule has 1 aromatic carbocycles. The maximum Gasteiger partial charge on any atom is 0.243 e. The van der Waals surface area contributed by atoms with Gasteiger partial charge < -0.3 is 4.90 Å². The minimum atomic E-state index is -3.32. The zero-order valence-electron chi connectivity index (χ0n) is 12.5. The summed E-state index contributed by atoms with van der Waals surface area (Å²) in [6, 6.07) is 7.75. The molecule has 2 rings (SSSR count). The lowest BCUT2D eigenvalue weighted by atomic mass is 10.1. The normalized spacial score (nSPS) is 18.6. The minimum Gasteiger partial charge on any atom is -0.306 e. The number of hydrogen-bond acceptors (Lipinski definition) is 3. The fourth-order valence-corrected chi connectivity index (χ4v) is 4.11. The van der Waals surface area contributed by atoms with Gasteiger partial charge >= 0.3 is 0 Å². The van der Waals surface area contributed by atoms with E-state index in [4.69, 9.17) is 0 Å². The van der Waals surface area contributed by atoms with E-state index in [0.29, 0.717) is 24.0 Å². The Kier molecular flexibility index (Phi) is 4.83. The molecule has 5 heteroatoms. The predicted molar refractivity (Wildman–Crippen MR) is 81.3 cm³/mol. The highest BCUT2D eigenvalue weighted by Gasteiger charge is 2.29. The molecule has 20 heavy (non-hydrogen) atoms. The van der Waals surface area contributed by atoms with Crippen molar-refractivity contribution in [3.63, 3.8) is 0 Å². The Hall–Kier alpha value is -0.910. The number of hydrogen-bond donors (Lipinski definition) is 0. The topological polar surface area (TPSA) is 40.6 Å². The molecule has 0 spiro atoms. The lowest BCUT2D eigenvalue weighted by molar-refractivity contribution is 0.196. The molecule has 1 aliphatic heterocycles. The van der Waals surface area contributed by atoms with Crippen LogP contribution in [0.3, 0.4) is 0 Å². The van der Waals surface area contributed by atoms with Crippen molar-refractivity contribution >= 4 is 10.0 Å². The summed E-state index contributed by atoms with van der Waals surface area (Å²) in [7, 11) is 0.786. The Morgan fingerprint density at radius 3 is 2.15 bits per heavy atom. The molecule has 1 fully saturated rings. The van der Waals surface area contributed by atoms with Crippen LogP contribution in [-0.4, -0.2) is 50.8 Å². The summed E-state index contributed by atoms with van der Waals surface area (Å²) >= 11 is 0. The van der Waals surface area contributed by atoms with Crippen molar-refractivity contribution in [1.29, 1.82) is 0 Å². The Morgan fingerprint density at radius 1 is 1.15 bits per heavy atom.